The van der Waals surface area contributed by atoms with Crippen molar-refractivity contribution in [3.05, 3.63) is 102 Å². The fourth-order valence-corrected chi connectivity index (χ4v) is 5.08. The second kappa shape index (κ2) is 9.56. The molecule has 0 fully saturated rings. The molecular weight excluding hydrogens is 478 g/mol. The van der Waals surface area contributed by atoms with Gasteiger partial charge in [-0.3, -0.25) is 4.40 Å². The van der Waals surface area contributed by atoms with Crippen LogP contribution in [0.3, 0.4) is 0 Å². The van der Waals surface area contributed by atoms with Crippen LogP contribution in [-0.2, 0) is 12.8 Å². The van der Waals surface area contributed by atoms with Gasteiger partial charge in [-0.2, -0.15) is 0 Å². The summed E-state index contributed by atoms with van der Waals surface area (Å²) in [5.41, 5.74) is 4.78. The zero-order valence-electron chi connectivity index (χ0n) is 22.0. The van der Waals surface area contributed by atoms with Gasteiger partial charge in [0.15, 0.2) is 5.65 Å². The summed E-state index contributed by atoms with van der Waals surface area (Å²) in [6, 6.07) is 22.0. The Hall–Kier alpha value is -3.84. The Morgan fingerprint density at radius 3 is 2.41 bits per heavy atom. The Morgan fingerprint density at radius 1 is 0.919 bits per heavy atom. The Labute approximate surface area is 218 Å². The lowest BCUT2D eigenvalue weighted by Crippen LogP contribution is -2.43. The molecule has 0 saturated heterocycles. The zero-order chi connectivity index (χ0) is 26.2. The van der Waals surface area contributed by atoms with Crippen LogP contribution in [0.4, 0.5) is 0 Å². The summed E-state index contributed by atoms with van der Waals surface area (Å²) < 4.78 is 13.8. The van der Waals surface area contributed by atoms with Crippen molar-refractivity contribution in [2.45, 2.75) is 51.7 Å². The van der Waals surface area contributed by atoms with Gasteiger partial charge in [0, 0.05) is 18.2 Å². The second-order valence-electron chi connectivity index (χ2n) is 11.0. The third-order valence-electron chi connectivity index (χ3n) is 7.17. The highest BCUT2D eigenvalue weighted by molar-refractivity contribution is 6.74. The molecule has 3 aromatic heterocycles. The number of aromatic nitrogens is 3. The first-order chi connectivity index (χ1) is 17.6. The molecule has 0 unspecified atom stereocenters. The Balaban J connectivity index is 1.59. The summed E-state index contributed by atoms with van der Waals surface area (Å²) in [5, 5.41) is 11.3. The van der Waals surface area contributed by atoms with E-state index in [1.807, 2.05) is 60.8 Å². The summed E-state index contributed by atoms with van der Waals surface area (Å²) in [7, 11) is -2.00. The average molecular weight is 512 g/mol. The molecule has 0 aliphatic carbocycles. The number of hydrogen-bond donors (Lipinski definition) is 1. The SMILES string of the molecule is CC(C)(C)[Si](C)(C)Oc1cccc(-c2cn3c(O)c(Cc4ccco4)nc3c(Cc3ccccc3)n2)c1. The van der Waals surface area contributed by atoms with Crippen molar-refractivity contribution in [1.29, 1.82) is 0 Å². The maximum atomic E-state index is 11.2. The van der Waals surface area contributed by atoms with Gasteiger partial charge in [0.05, 0.1) is 24.1 Å². The lowest BCUT2D eigenvalue weighted by Gasteiger charge is -2.36. The highest BCUT2D eigenvalue weighted by Gasteiger charge is 2.39. The first-order valence-electron chi connectivity index (χ1n) is 12.6. The number of rotatable bonds is 7. The maximum Gasteiger partial charge on any atom is 0.250 e. The standard InChI is InChI=1S/C30H33N3O3Si/c1-30(2,3)37(4,5)36-24-14-9-13-22(18-24)27-20-33-28(25(31-27)17-21-11-7-6-8-12-21)32-26(29(33)34)19-23-15-10-16-35-23/h6-16,18,20,34H,17,19H2,1-5H3. The topological polar surface area (TPSA) is 72.8 Å². The highest BCUT2D eigenvalue weighted by atomic mass is 28.4. The zero-order valence-corrected chi connectivity index (χ0v) is 23.0. The quantitative estimate of drug-likeness (QED) is 0.233. The van der Waals surface area contributed by atoms with Gasteiger partial charge in [0.1, 0.15) is 17.2 Å². The van der Waals surface area contributed by atoms with Crippen LogP contribution in [-0.4, -0.2) is 27.8 Å². The molecule has 0 saturated carbocycles. The van der Waals surface area contributed by atoms with E-state index in [0.29, 0.717) is 24.2 Å². The van der Waals surface area contributed by atoms with Crippen LogP contribution in [0.5, 0.6) is 11.6 Å². The van der Waals surface area contributed by atoms with Crippen molar-refractivity contribution in [2.24, 2.45) is 0 Å². The molecule has 0 atom stereocenters. The van der Waals surface area contributed by atoms with E-state index in [1.54, 1.807) is 10.7 Å². The van der Waals surface area contributed by atoms with Crippen LogP contribution in [0.1, 0.15) is 43.5 Å². The molecule has 190 valence electrons. The molecule has 0 bridgehead atoms. The van der Waals surface area contributed by atoms with Crippen LogP contribution < -0.4 is 4.43 Å². The second-order valence-corrected chi connectivity index (χ2v) is 15.7. The molecule has 0 spiro atoms. The molecule has 0 aliphatic rings. The molecule has 7 heteroatoms. The van der Waals surface area contributed by atoms with Crippen molar-refractivity contribution in [1.82, 2.24) is 14.4 Å². The molecule has 0 amide bonds. The van der Waals surface area contributed by atoms with Gasteiger partial charge in [0.2, 0.25) is 14.2 Å². The van der Waals surface area contributed by atoms with Crippen molar-refractivity contribution in [3.8, 4) is 22.9 Å². The number of benzene rings is 2. The van der Waals surface area contributed by atoms with Gasteiger partial charge < -0.3 is 13.9 Å². The highest BCUT2D eigenvalue weighted by Crippen LogP contribution is 2.38. The minimum Gasteiger partial charge on any atom is -0.543 e. The van der Waals surface area contributed by atoms with E-state index in [-0.39, 0.29) is 10.9 Å². The smallest absolute Gasteiger partial charge is 0.250 e. The van der Waals surface area contributed by atoms with Crippen LogP contribution in [0.25, 0.3) is 16.9 Å². The number of hydrogen-bond acceptors (Lipinski definition) is 5. The predicted octanol–water partition coefficient (Wildman–Crippen LogP) is 7.26. The number of nitrogens with zero attached hydrogens (tertiary/aromatic N) is 3. The van der Waals surface area contributed by atoms with E-state index in [0.717, 1.165) is 34.0 Å². The van der Waals surface area contributed by atoms with Crippen LogP contribution in [0.15, 0.2) is 83.6 Å². The summed E-state index contributed by atoms with van der Waals surface area (Å²) in [6.45, 7) is 11.2. The minimum absolute atomic E-state index is 0.0933. The van der Waals surface area contributed by atoms with Crippen molar-refractivity contribution in [3.63, 3.8) is 0 Å². The van der Waals surface area contributed by atoms with Crippen molar-refractivity contribution in [2.75, 3.05) is 0 Å². The molecule has 0 radical (unpaired) electrons. The van der Waals surface area contributed by atoms with E-state index >= 15 is 0 Å². The fraction of sp³-hybridized carbons (Fsp3) is 0.267. The number of furan rings is 1. The molecule has 3 heterocycles. The van der Waals surface area contributed by atoms with Gasteiger partial charge >= 0.3 is 0 Å². The molecule has 1 N–H and O–H groups in total. The third kappa shape index (κ3) is 5.18. The van der Waals surface area contributed by atoms with E-state index in [1.165, 1.54) is 0 Å². The fourth-order valence-electron chi connectivity index (χ4n) is 4.05. The molecule has 5 rings (SSSR count). The number of imidazole rings is 1. The Kier molecular flexibility index (Phi) is 6.41. The van der Waals surface area contributed by atoms with Crippen LogP contribution >= 0.6 is 0 Å². The number of aromatic hydroxyl groups is 1. The van der Waals surface area contributed by atoms with Gasteiger partial charge in [-0.25, -0.2) is 9.97 Å². The van der Waals surface area contributed by atoms with E-state index < -0.39 is 8.32 Å². The average Bonchev–Trinajstić information content (AvgIpc) is 3.48. The first kappa shape index (κ1) is 24.8. The monoisotopic (exact) mass is 511 g/mol. The van der Waals surface area contributed by atoms with Crippen LogP contribution in [0, 0.1) is 0 Å². The maximum absolute atomic E-state index is 11.2. The third-order valence-corrected chi connectivity index (χ3v) is 11.5. The molecule has 5 aromatic rings. The van der Waals surface area contributed by atoms with E-state index in [4.69, 9.17) is 18.8 Å². The molecule has 2 aromatic carbocycles. The lowest BCUT2D eigenvalue weighted by molar-refractivity contribution is 0.438. The van der Waals surface area contributed by atoms with Crippen molar-refractivity contribution < 1.29 is 13.9 Å². The summed E-state index contributed by atoms with van der Waals surface area (Å²) in [5.74, 6) is 1.67. The van der Waals surface area contributed by atoms with Gasteiger partial charge in [-0.05, 0) is 48.0 Å². The van der Waals surface area contributed by atoms with Gasteiger partial charge in [0.25, 0.3) is 0 Å². The summed E-state index contributed by atoms with van der Waals surface area (Å²) >= 11 is 0. The molecular formula is C30H33N3O3Si. The van der Waals surface area contributed by atoms with Crippen LogP contribution in [0.2, 0.25) is 18.1 Å². The summed E-state index contributed by atoms with van der Waals surface area (Å²) in [6.07, 6.45) is 4.47. The molecule has 0 aliphatic heterocycles. The minimum atomic E-state index is -2.00. The van der Waals surface area contributed by atoms with Gasteiger partial charge in [-0.1, -0.05) is 63.2 Å². The van der Waals surface area contributed by atoms with E-state index in [9.17, 15) is 5.11 Å². The normalized spacial score (nSPS) is 12.2. The van der Waals surface area contributed by atoms with Crippen molar-refractivity contribution >= 4 is 14.0 Å². The summed E-state index contributed by atoms with van der Waals surface area (Å²) in [4.78, 5) is 9.82. The Morgan fingerprint density at radius 2 is 1.70 bits per heavy atom. The molecule has 6 nitrogen and oxygen atoms in total. The Bertz CT molecular complexity index is 1520. The largest absolute Gasteiger partial charge is 0.543 e. The van der Waals surface area contributed by atoms with Gasteiger partial charge in [-0.15, -0.1) is 0 Å². The lowest BCUT2D eigenvalue weighted by atomic mass is 10.1. The van der Waals surface area contributed by atoms with E-state index in [2.05, 4.69) is 46.0 Å². The number of fused-ring (bicyclic) bond motifs is 1. The first-order valence-corrected chi connectivity index (χ1v) is 15.5. The molecule has 37 heavy (non-hydrogen) atoms. The predicted molar refractivity (Wildman–Crippen MR) is 149 cm³/mol.